The average molecular weight is 272 g/mol. The quantitative estimate of drug-likeness (QED) is 0.756. The number of carbonyl (C=O) groups excluding carboxylic acids is 1. The van der Waals surface area contributed by atoms with E-state index in [9.17, 15) is 4.79 Å². The van der Waals surface area contributed by atoms with Gasteiger partial charge in [0.1, 0.15) is 5.75 Å². The molecule has 2 aromatic rings. The minimum atomic E-state index is -0.396. The van der Waals surface area contributed by atoms with Crippen molar-refractivity contribution in [3.8, 4) is 17.1 Å². The van der Waals surface area contributed by atoms with Gasteiger partial charge in [-0.05, 0) is 43.5 Å². The van der Waals surface area contributed by atoms with Crippen molar-refractivity contribution in [1.82, 2.24) is 10.1 Å². The number of benzene rings is 1. The predicted molar refractivity (Wildman–Crippen MR) is 72.5 cm³/mol. The molecule has 5 nitrogen and oxygen atoms in total. The molecule has 0 spiro atoms. The summed E-state index contributed by atoms with van der Waals surface area (Å²) in [6, 6.07) is 7.37. The van der Waals surface area contributed by atoms with Crippen molar-refractivity contribution >= 4 is 6.29 Å². The van der Waals surface area contributed by atoms with E-state index in [-0.39, 0.29) is 0 Å². The fourth-order valence-corrected chi connectivity index (χ4v) is 1.91. The van der Waals surface area contributed by atoms with E-state index in [1.54, 1.807) is 0 Å². The highest BCUT2D eigenvalue weighted by Crippen LogP contribution is 2.39. The van der Waals surface area contributed by atoms with Crippen molar-refractivity contribution < 1.29 is 14.1 Å². The normalized spacial score (nSPS) is 15.8. The zero-order valence-electron chi connectivity index (χ0n) is 11.3. The number of aromatic nitrogens is 2. The van der Waals surface area contributed by atoms with E-state index in [4.69, 9.17) is 9.26 Å². The second kappa shape index (κ2) is 5.45. The molecule has 1 aliphatic carbocycles. The maximum absolute atomic E-state index is 10.7. The molecule has 1 unspecified atom stereocenters. The van der Waals surface area contributed by atoms with Gasteiger partial charge in [-0.25, -0.2) is 0 Å². The summed E-state index contributed by atoms with van der Waals surface area (Å²) in [4.78, 5) is 15.1. The molecular formula is C15H16N2O3. The first-order valence-electron chi connectivity index (χ1n) is 6.86. The predicted octanol–water partition coefficient (Wildman–Crippen LogP) is 2.97. The van der Waals surface area contributed by atoms with Crippen LogP contribution < -0.4 is 4.74 Å². The van der Waals surface area contributed by atoms with E-state index < -0.39 is 6.10 Å². The smallest absolute Gasteiger partial charge is 0.230 e. The lowest BCUT2D eigenvalue weighted by molar-refractivity contribution is -0.113. The number of rotatable bonds is 6. The Morgan fingerprint density at radius 1 is 1.40 bits per heavy atom. The Balaban J connectivity index is 1.72. The molecule has 0 bridgehead atoms. The van der Waals surface area contributed by atoms with Crippen LogP contribution in [0.3, 0.4) is 0 Å². The zero-order chi connectivity index (χ0) is 13.9. The molecule has 0 amide bonds. The van der Waals surface area contributed by atoms with Crippen LogP contribution >= 0.6 is 0 Å². The van der Waals surface area contributed by atoms with Crippen LogP contribution in [-0.2, 0) is 4.79 Å². The molecule has 5 heteroatoms. The van der Waals surface area contributed by atoms with Crippen LogP contribution in [0.15, 0.2) is 28.8 Å². The van der Waals surface area contributed by atoms with Crippen LogP contribution in [0.5, 0.6) is 5.75 Å². The fraction of sp³-hybridized carbons (Fsp3) is 0.400. The summed E-state index contributed by atoms with van der Waals surface area (Å²) < 4.78 is 10.8. The highest BCUT2D eigenvalue weighted by atomic mass is 16.5. The molecule has 1 atom stereocenters. The van der Waals surface area contributed by atoms with Gasteiger partial charge in [0.05, 0.1) is 0 Å². The van der Waals surface area contributed by atoms with Gasteiger partial charge in [-0.2, -0.15) is 4.98 Å². The van der Waals surface area contributed by atoms with Gasteiger partial charge in [0.15, 0.2) is 12.4 Å². The number of nitrogens with zero attached hydrogens (tertiary/aromatic N) is 2. The molecule has 1 aromatic heterocycles. The highest BCUT2D eigenvalue weighted by Gasteiger charge is 2.29. The third kappa shape index (κ3) is 2.71. The van der Waals surface area contributed by atoms with Crippen LogP contribution in [0.25, 0.3) is 11.4 Å². The molecular weight excluding hydrogens is 256 g/mol. The Morgan fingerprint density at radius 2 is 2.15 bits per heavy atom. The van der Waals surface area contributed by atoms with Gasteiger partial charge in [-0.3, -0.25) is 4.79 Å². The van der Waals surface area contributed by atoms with E-state index in [1.807, 2.05) is 31.2 Å². The molecule has 104 valence electrons. The summed E-state index contributed by atoms with van der Waals surface area (Å²) in [6.45, 7) is 1.91. The Hall–Kier alpha value is -2.17. The van der Waals surface area contributed by atoms with E-state index in [0.29, 0.717) is 23.9 Å². The van der Waals surface area contributed by atoms with Gasteiger partial charge in [0.2, 0.25) is 11.7 Å². The molecule has 1 saturated carbocycles. The molecule has 1 heterocycles. The van der Waals surface area contributed by atoms with Gasteiger partial charge in [-0.15, -0.1) is 0 Å². The van der Waals surface area contributed by atoms with Crippen molar-refractivity contribution in [2.75, 3.05) is 0 Å². The second-order valence-electron chi connectivity index (χ2n) is 4.96. The molecule has 1 aromatic carbocycles. The molecule has 1 aliphatic rings. The largest absolute Gasteiger partial charge is 0.483 e. The van der Waals surface area contributed by atoms with Crippen LogP contribution in [-0.4, -0.2) is 22.5 Å². The van der Waals surface area contributed by atoms with Crippen LogP contribution in [0.2, 0.25) is 0 Å². The molecule has 0 aliphatic heterocycles. The molecule has 0 radical (unpaired) electrons. The maximum atomic E-state index is 10.7. The number of ether oxygens (including phenoxy) is 1. The first kappa shape index (κ1) is 12.8. The SMILES string of the molecule is CCC(C=O)Oc1ccc(-c2noc(C3CC3)n2)cc1. The number of hydrogen-bond acceptors (Lipinski definition) is 5. The second-order valence-corrected chi connectivity index (χ2v) is 4.96. The monoisotopic (exact) mass is 272 g/mol. The standard InChI is InChI=1S/C15H16N2O3/c1-2-12(9-18)19-13-7-5-10(6-8-13)14-16-15(20-17-14)11-3-4-11/h5-9,11-12H,2-4H2,1H3. The highest BCUT2D eigenvalue weighted by molar-refractivity contribution is 5.58. The third-order valence-electron chi connectivity index (χ3n) is 3.32. The van der Waals surface area contributed by atoms with Crippen molar-refractivity contribution in [3.63, 3.8) is 0 Å². The van der Waals surface area contributed by atoms with Crippen LogP contribution in [0.4, 0.5) is 0 Å². The Labute approximate surface area is 116 Å². The summed E-state index contributed by atoms with van der Waals surface area (Å²) in [7, 11) is 0. The van der Waals surface area contributed by atoms with Gasteiger partial charge >= 0.3 is 0 Å². The van der Waals surface area contributed by atoms with Crippen molar-refractivity contribution in [3.05, 3.63) is 30.2 Å². The Kier molecular flexibility index (Phi) is 3.50. The summed E-state index contributed by atoms with van der Waals surface area (Å²) in [5.41, 5.74) is 0.882. The molecule has 20 heavy (non-hydrogen) atoms. The molecule has 1 fully saturated rings. The lowest BCUT2D eigenvalue weighted by Crippen LogP contribution is -2.16. The van der Waals surface area contributed by atoms with Crippen molar-refractivity contribution in [2.24, 2.45) is 0 Å². The van der Waals surface area contributed by atoms with Gasteiger partial charge < -0.3 is 9.26 Å². The molecule has 0 saturated heterocycles. The van der Waals surface area contributed by atoms with Crippen molar-refractivity contribution in [1.29, 1.82) is 0 Å². The maximum Gasteiger partial charge on any atom is 0.230 e. The molecule has 0 N–H and O–H groups in total. The minimum Gasteiger partial charge on any atom is -0.483 e. The third-order valence-corrected chi connectivity index (χ3v) is 3.32. The van der Waals surface area contributed by atoms with Gasteiger partial charge in [-0.1, -0.05) is 12.1 Å². The summed E-state index contributed by atoms with van der Waals surface area (Å²) in [6.07, 6.45) is 3.35. The Bertz CT molecular complexity index is 587. The van der Waals surface area contributed by atoms with E-state index in [2.05, 4.69) is 10.1 Å². The van der Waals surface area contributed by atoms with Crippen molar-refractivity contribution in [2.45, 2.75) is 38.2 Å². The zero-order valence-corrected chi connectivity index (χ0v) is 11.3. The van der Waals surface area contributed by atoms with Gasteiger partial charge in [0, 0.05) is 11.5 Å². The van der Waals surface area contributed by atoms with Crippen LogP contribution in [0, 0.1) is 0 Å². The van der Waals surface area contributed by atoms with Crippen LogP contribution in [0.1, 0.15) is 38.0 Å². The topological polar surface area (TPSA) is 65.2 Å². The fourth-order valence-electron chi connectivity index (χ4n) is 1.91. The number of carbonyl (C=O) groups is 1. The Morgan fingerprint density at radius 3 is 2.75 bits per heavy atom. The lowest BCUT2D eigenvalue weighted by Gasteiger charge is -2.11. The van der Waals surface area contributed by atoms with E-state index in [0.717, 1.165) is 30.6 Å². The number of aldehydes is 1. The summed E-state index contributed by atoms with van der Waals surface area (Å²) in [5, 5.41) is 3.99. The number of hydrogen-bond donors (Lipinski definition) is 0. The van der Waals surface area contributed by atoms with E-state index in [1.165, 1.54) is 0 Å². The summed E-state index contributed by atoms with van der Waals surface area (Å²) >= 11 is 0. The van der Waals surface area contributed by atoms with Gasteiger partial charge in [0.25, 0.3) is 0 Å². The summed E-state index contributed by atoms with van der Waals surface area (Å²) in [5.74, 6) is 2.45. The lowest BCUT2D eigenvalue weighted by atomic mass is 10.2. The first-order valence-corrected chi connectivity index (χ1v) is 6.86. The average Bonchev–Trinajstić information content (AvgIpc) is 3.23. The first-order chi connectivity index (χ1) is 9.80. The minimum absolute atomic E-state index is 0.396. The van der Waals surface area contributed by atoms with E-state index >= 15 is 0 Å². The molecule has 3 rings (SSSR count).